The molecule has 0 saturated heterocycles. The van der Waals surface area contributed by atoms with Gasteiger partial charge in [-0.25, -0.2) is 0 Å². The summed E-state index contributed by atoms with van der Waals surface area (Å²) in [5.74, 6) is 0.961. The first-order chi connectivity index (χ1) is 6.24. The summed E-state index contributed by atoms with van der Waals surface area (Å²) >= 11 is 0. The Balaban J connectivity index is 2.18. The van der Waals surface area contributed by atoms with E-state index < -0.39 is 0 Å². The van der Waals surface area contributed by atoms with Crippen molar-refractivity contribution in [2.45, 2.75) is 51.9 Å². The van der Waals surface area contributed by atoms with Crippen molar-refractivity contribution in [3.63, 3.8) is 0 Å². The standard InChI is InChI=1S/C11H21NO/c1-2-3-4-9-5-7-10(8-6-9)11(12)13/h9-10H,2-8H2,1H3,(H2,12,13)/t9-,10-. The Labute approximate surface area is 80.9 Å². The third-order valence-electron chi connectivity index (χ3n) is 3.22. The van der Waals surface area contributed by atoms with Crippen LogP contribution in [0.25, 0.3) is 0 Å². The summed E-state index contributed by atoms with van der Waals surface area (Å²) in [6.07, 6.45) is 8.47. The lowest BCUT2D eigenvalue weighted by atomic mass is 9.79. The molecule has 1 amide bonds. The maximum absolute atomic E-state index is 10.9. The highest BCUT2D eigenvalue weighted by molar-refractivity contribution is 5.76. The fourth-order valence-corrected chi connectivity index (χ4v) is 2.23. The Bertz CT molecular complexity index is 159. The molecule has 0 aromatic heterocycles. The van der Waals surface area contributed by atoms with Crippen LogP contribution in [-0.2, 0) is 4.79 Å². The van der Waals surface area contributed by atoms with Crippen molar-refractivity contribution in [1.82, 2.24) is 0 Å². The van der Waals surface area contributed by atoms with E-state index in [1.54, 1.807) is 0 Å². The molecule has 0 aliphatic heterocycles. The number of amides is 1. The highest BCUT2D eigenvalue weighted by Gasteiger charge is 2.23. The summed E-state index contributed by atoms with van der Waals surface area (Å²) in [6, 6.07) is 0. The largest absolute Gasteiger partial charge is 0.369 e. The molecule has 1 saturated carbocycles. The lowest BCUT2D eigenvalue weighted by Crippen LogP contribution is -2.27. The topological polar surface area (TPSA) is 43.1 Å². The first-order valence-electron chi connectivity index (χ1n) is 5.53. The van der Waals surface area contributed by atoms with Crippen LogP contribution in [0.15, 0.2) is 0 Å². The maximum atomic E-state index is 10.9. The molecule has 2 nitrogen and oxygen atoms in total. The minimum absolute atomic E-state index is 0.0889. The van der Waals surface area contributed by atoms with E-state index in [-0.39, 0.29) is 11.8 Å². The van der Waals surface area contributed by atoms with Crippen LogP contribution in [0.3, 0.4) is 0 Å². The molecular formula is C11H21NO. The molecule has 2 N–H and O–H groups in total. The first-order valence-corrected chi connectivity index (χ1v) is 5.53. The van der Waals surface area contributed by atoms with Gasteiger partial charge < -0.3 is 5.73 Å². The summed E-state index contributed by atoms with van der Waals surface area (Å²) in [5.41, 5.74) is 5.27. The molecule has 0 heterocycles. The molecule has 1 aliphatic carbocycles. The molecule has 1 fully saturated rings. The van der Waals surface area contributed by atoms with E-state index in [4.69, 9.17) is 5.73 Å². The second kappa shape index (κ2) is 5.25. The summed E-state index contributed by atoms with van der Waals surface area (Å²) < 4.78 is 0. The van der Waals surface area contributed by atoms with Crippen molar-refractivity contribution in [2.75, 3.05) is 0 Å². The zero-order valence-electron chi connectivity index (χ0n) is 8.59. The summed E-state index contributed by atoms with van der Waals surface area (Å²) in [6.45, 7) is 2.23. The van der Waals surface area contributed by atoms with Crippen LogP contribution in [0, 0.1) is 11.8 Å². The van der Waals surface area contributed by atoms with Crippen LogP contribution in [0.2, 0.25) is 0 Å². The molecule has 13 heavy (non-hydrogen) atoms. The van der Waals surface area contributed by atoms with Gasteiger partial charge in [-0.3, -0.25) is 4.79 Å². The predicted molar refractivity (Wildman–Crippen MR) is 54.2 cm³/mol. The zero-order valence-corrected chi connectivity index (χ0v) is 8.59. The van der Waals surface area contributed by atoms with Crippen LogP contribution in [-0.4, -0.2) is 5.91 Å². The fourth-order valence-electron chi connectivity index (χ4n) is 2.23. The average Bonchev–Trinajstić information content (AvgIpc) is 2.15. The van der Waals surface area contributed by atoms with Gasteiger partial charge in [-0.15, -0.1) is 0 Å². The van der Waals surface area contributed by atoms with E-state index in [1.165, 1.54) is 32.1 Å². The van der Waals surface area contributed by atoms with Gasteiger partial charge in [-0.05, 0) is 31.6 Å². The molecule has 0 aromatic carbocycles. The number of carbonyl (C=O) groups excluding carboxylic acids is 1. The molecule has 76 valence electrons. The minimum atomic E-state index is -0.0889. The van der Waals surface area contributed by atoms with Crippen molar-refractivity contribution in [1.29, 1.82) is 0 Å². The molecule has 0 atom stereocenters. The smallest absolute Gasteiger partial charge is 0.220 e. The number of hydrogen-bond donors (Lipinski definition) is 1. The normalized spacial score (nSPS) is 28.7. The van der Waals surface area contributed by atoms with E-state index in [1.807, 2.05) is 0 Å². The van der Waals surface area contributed by atoms with Crippen molar-refractivity contribution in [2.24, 2.45) is 17.6 Å². The quantitative estimate of drug-likeness (QED) is 0.714. The van der Waals surface area contributed by atoms with E-state index in [0.29, 0.717) is 0 Å². The SMILES string of the molecule is CCCC[C@H]1CC[C@H](C(N)=O)CC1. The van der Waals surface area contributed by atoms with Gasteiger partial charge >= 0.3 is 0 Å². The second-order valence-electron chi connectivity index (χ2n) is 4.26. The summed E-state index contributed by atoms with van der Waals surface area (Å²) in [7, 11) is 0. The molecule has 0 unspecified atom stereocenters. The van der Waals surface area contributed by atoms with Gasteiger partial charge in [0.25, 0.3) is 0 Å². The van der Waals surface area contributed by atoms with Crippen LogP contribution < -0.4 is 5.73 Å². The molecule has 0 bridgehead atoms. The van der Waals surface area contributed by atoms with Gasteiger partial charge in [-0.1, -0.05) is 26.2 Å². The number of rotatable bonds is 4. The number of primary amides is 1. The lowest BCUT2D eigenvalue weighted by Gasteiger charge is -2.26. The Morgan fingerprint density at radius 3 is 2.38 bits per heavy atom. The van der Waals surface area contributed by atoms with E-state index >= 15 is 0 Å². The monoisotopic (exact) mass is 183 g/mol. The Morgan fingerprint density at radius 2 is 1.92 bits per heavy atom. The van der Waals surface area contributed by atoms with Gasteiger partial charge in [-0.2, -0.15) is 0 Å². The molecule has 0 aromatic rings. The fraction of sp³-hybridized carbons (Fsp3) is 0.909. The van der Waals surface area contributed by atoms with Crippen LogP contribution in [0.5, 0.6) is 0 Å². The van der Waals surface area contributed by atoms with Crippen LogP contribution in [0.4, 0.5) is 0 Å². The Hall–Kier alpha value is -0.530. The molecule has 0 spiro atoms. The molecule has 1 aliphatic rings. The third kappa shape index (κ3) is 3.37. The van der Waals surface area contributed by atoms with E-state index in [0.717, 1.165) is 18.8 Å². The maximum Gasteiger partial charge on any atom is 0.220 e. The zero-order chi connectivity index (χ0) is 9.68. The lowest BCUT2D eigenvalue weighted by molar-refractivity contribution is -0.122. The number of unbranched alkanes of at least 4 members (excludes halogenated alkanes) is 1. The van der Waals surface area contributed by atoms with Crippen molar-refractivity contribution >= 4 is 5.91 Å². The van der Waals surface area contributed by atoms with Crippen LogP contribution >= 0.6 is 0 Å². The van der Waals surface area contributed by atoms with Crippen LogP contribution in [0.1, 0.15) is 51.9 Å². The van der Waals surface area contributed by atoms with Crippen molar-refractivity contribution in [3.05, 3.63) is 0 Å². The predicted octanol–water partition coefficient (Wildman–Crippen LogP) is 2.47. The van der Waals surface area contributed by atoms with E-state index in [2.05, 4.69) is 6.92 Å². The number of hydrogen-bond acceptors (Lipinski definition) is 1. The number of nitrogens with two attached hydrogens (primary N) is 1. The Morgan fingerprint density at radius 1 is 1.31 bits per heavy atom. The number of carbonyl (C=O) groups is 1. The van der Waals surface area contributed by atoms with Crippen molar-refractivity contribution in [3.8, 4) is 0 Å². The molecule has 2 heteroatoms. The third-order valence-corrected chi connectivity index (χ3v) is 3.22. The highest BCUT2D eigenvalue weighted by atomic mass is 16.1. The summed E-state index contributed by atoms with van der Waals surface area (Å²) in [5, 5.41) is 0. The summed E-state index contributed by atoms with van der Waals surface area (Å²) in [4.78, 5) is 10.9. The molecule has 0 radical (unpaired) electrons. The van der Waals surface area contributed by atoms with Gasteiger partial charge in [0.15, 0.2) is 0 Å². The second-order valence-corrected chi connectivity index (χ2v) is 4.26. The highest BCUT2D eigenvalue weighted by Crippen LogP contribution is 2.31. The van der Waals surface area contributed by atoms with Gasteiger partial charge in [0.05, 0.1) is 0 Å². The molecule has 1 rings (SSSR count). The van der Waals surface area contributed by atoms with Gasteiger partial charge in [0, 0.05) is 5.92 Å². The first kappa shape index (κ1) is 10.6. The Kier molecular flexibility index (Phi) is 4.26. The molecular weight excluding hydrogens is 162 g/mol. The van der Waals surface area contributed by atoms with Crippen molar-refractivity contribution < 1.29 is 4.79 Å². The van der Waals surface area contributed by atoms with Gasteiger partial charge in [0.1, 0.15) is 0 Å². The minimum Gasteiger partial charge on any atom is -0.369 e. The van der Waals surface area contributed by atoms with Gasteiger partial charge in [0.2, 0.25) is 5.91 Å². The van der Waals surface area contributed by atoms with E-state index in [9.17, 15) is 4.79 Å². The average molecular weight is 183 g/mol.